The molecule has 0 saturated heterocycles. The summed E-state index contributed by atoms with van der Waals surface area (Å²) in [5, 5.41) is 14.0. The van der Waals surface area contributed by atoms with Crippen LogP contribution in [0.3, 0.4) is 0 Å². The molecular formula is C19H26IrO2+. The van der Waals surface area contributed by atoms with E-state index in [0.29, 0.717) is 5.56 Å². The summed E-state index contributed by atoms with van der Waals surface area (Å²) in [5.74, 6) is 0. The zero-order valence-corrected chi connectivity index (χ0v) is 16.2. The third-order valence-corrected chi connectivity index (χ3v) is 2.33. The van der Waals surface area contributed by atoms with Crippen LogP contribution < -0.4 is 0 Å². The molecular weight excluding hydrogens is 452 g/mol. The molecule has 0 aliphatic heterocycles. The quantitative estimate of drug-likeness (QED) is 0.643. The van der Waals surface area contributed by atoms with Gasteiger partial charge in [0.15, 0.2) is 0 Å². The van der Waals surface area contributed by atoms with Gasteiger partial charge in [0.2, 0.25) is 0 Å². The van der Waals surface area contributed by atoms with Crippen LogP contribution in [0.1, 0.15) is 29.1 Å². The minimum atomic E-state index is -1.37. The van der Waals surface area contributed by atoms with Crippen LogP contribution in [0.15, 0.2) is 42.5 Å². The van der Waals surface area contributed by atoms with Crippen molar-refractivity contribution in [3.8, 4) is 11.1 Å². The van der Waals surface area contributed by atoms with Crippen LogP contribution in [-0.4, -0.2) is 24.4 Å². The number of aliphatic hydroxyl groups excluding tert-OH is 2. The van der Waals surface area contributed by atoms with Crippen molar-refractivity contribution >= 4 is 0 Å². The number of aliphatic hydroxyl groups is 2. The minimum absolute atomic E-state index is 0. The molecule has 22 heavy (non-hydrogen) atoms. The van der Waals surface area contributed by atoms with Gasteiger partial charge in [-0.05, 0) is 5.41 Å². The molecule has 3 heteroatoms. The molecule has 0 saturated carbocycles. The van der Waals surface area contributed by atoms with E-state index in [1.54, 1.807) is 6.07 Å². The minimum Gasteiger partial charge on any atom is -0.400 e. The Morgan fingerprint density at radius 1 is 0.955 bits per heavy atom. The first kappa shape index (κ1) is 19.1. The third-order valence-electron chi connectivity index (χ3n) is 2.33. The van der Waals surface area contributed by atoms with E-state index < -0.39 is 11.8 Å². The number of hydrogen-bond donors (Lipinski definition) is 2. The molecule has 0 bridgehead atoms. The predicted molar refractivity (Wildman–Crippen MR) is 89.0 cm³/mol. The summed E-state index contributed by atoms with van der Waals surface area (Å²) in [6.07, 6.45) is -1.37. The van der Waals surface area contributed by atoms with Gasteiger partial charge in [0, 0.05) is 17.0 Å². The van der Waals surface area contributed by atoms with Crippen molar-refractivity contribution in [3.05, 3.63) is 60.2 Å². The van der Waals surface area contributed by atoms with Gasteiger partial charge in [-0.3, -0.25) is 0 Å². The molecule has 0 radical (unpaired) electrons. The molecule has 2 nitrogen and oxygen atoms in total. The molecule has 0 amide bonds. The maximum absolute atomic E-state index is 8.23. The molecule has 2 aromatic carbocycles. The summed E-state index contributed by atoms with van der Waals surface area (Å²) < 4.78 is 16.5. The molecule has 0 aliphatic carbocycles. The van der Waals surface area contributed by atoms with Crippen LogP contribution in [0.2, 0.25) is 0 Å². The van der Waals surface area contributed by atoms with E-state index in [9.17, 15) is 0 Å². The second-order valence-corrected chi connectivity index (χ2v) is 5.14. The summed E-state index contributed by atoms with van der Waals surface area (Å²) in [7, 11) is 2.00. The third kappa shape index (κ3) is 9.11. The zero-order valence-electron chi connectivity index (χ0n) is 15.8. The van der Waals surface area contributed by atoms with E-state index in [1.807, 2.05) is 57.2 Å². The van der Waals surface area contributed by atoms with Gasteiger partial charge in [0.1, 0.15) is 0 Å². The SMILES string of the molecule is CO.CO.[2H]C([2H])(c1c[c-]c(-c2[c-]cccc2)cc1)C(C)(C)C.[Ir+3]. The van der Waals surface area contributed by atoms with Crippen LogP contribution in [0.4, 0.5) is 0 Å². The Morgan fingerprint density at radius 2 is 1.55 bits per heavy atom. The van der Waals surface area contributed by atoms with Crippen molar-refractivity contribution < 1.29 is 33.1 Å². The summed E-state index contributed by atoms with van der Waals surface area (Å²) in [5.41, 5.74) is 2.14. The van der Waals surface area contributed by atoms with Crippen LogP contribution in [0.25, 0.3) is 11.1 Å². The maximum Gasteiger partial charge on any atom is 3.00 e. The van der Waals surface area contributed by atoms with Crippen molar-refractivity contribution in [3.63, 3.8) is 0 Å². The standard InChI is InChI=1S/C17H18.2CH4O.Ir/c1-17(2,3)13-14-9-11-16(12-10-14)15-7-5-4-6-8-15;2*1-2;/h4-7,9-11H,13H2,1-3H3;2*2H,1H3;/q-2;;;+3/i13D2;;;. The fourth-order valence-electron chi connectivity index (χ4n) is 1.66. The molecule has 122 valence electrons. The van der Waals surface area contributed by atoms with E-state index in [4.69, 9.17) is 13.0 Å². The number of rotatable bonds is 2. The van der Waals surface area contributed by atoms with Gasteiger partial charge in [-0.25, -0.2) is 11.1 Å². The first-order valence-corrected chi connectivity index (χ1v) is 6.71. The summed E-state index contributed by atoms with van der Waals surface area (Å²) in [6, 6.07) is 19.5. The van der Waals surface area contributed by atoms with Crippen molar-refractivity contribution in [2.75, 3.05) is 14.2 Å². The van der Waals surface area contributed by atoms with Crippen LogP contribution in [0.5, 0.6) is 0 Å². The first-order valence-electron chi connectivity index (χ1n) is 7.71. The van der Waals surface area contributed by atoms with Gasteiger partial charge in [-0.2, -0.15) is 48.5 Å². The van der Waals surface area contributed by atoms with Crippen LogP contribution in [-0.2, 0) is 26.5 Å². The molecule has 0 aromatic heterocycles. The predicted octanol–water partition coefficient (Wildman–Crippen LogP) is 3.76. The molecule has 0 heterocycles. The molecule has 2 aromatic rings. The average molecular weight is 481 g/mol. The molecule has 0 unspecified atom stereocenters. The Morgan fingerprint density at radius 3 is 1.95 bits per heavy atom. The Hall–Kier alpha value is -0.991. The summed E-state index contributed by atoms with van der Waals surface area (Å²) in [4.78, 5) is 0. The molecule has 2 rings (SSSR count). The smallest absolute Gasteiger partial charge is 0.400 e. The molecule has 0 aliphatic rings. The summed E-state index contributed by atoms with van der Waals surface area (Å²) in [6.45, 7) is 5.73. The average Bonchev–Trinajstić information content (AvgIpc) is 2.58. The maximum atomic E-state index is 8.23. The molecule has 0 atom stereocenters. The van der Waals surface area contributed by atoms with Gasteiger partial charge in [-0.1, -0.05) is 27.1 Å². The Balaban J connectivity index is 0. The van der Waals surface area contributed by atoms with E-state index in [2.05, 4.69) is 12.1 Å². The van der Waals surface area contributed by atoms with Crippen molar-refractivity contribution in [2.24, 2.45) is 5.41 Å². The van der Waals surface area contributed by atoms with E-state index >= 15 is 0 Å². The number of benzene rings is 2. The van der Waals surface area contributed by atoms with Crippen molar-refractivity contribution in [1.82, 2.24) is 0 Å². The number of hydrogen-bond acceptors (Lipinski definition) is 2. The van der Waals surface area contributed by atoms with Crippen molar-refractivity contribution in [2.45, 2.75) is 27.1 Å². The van der Waals surface area contributed by atoms with Gasteiger partial charge < -0.3 is 10.2 Å². The second-order valence-electron chi connectivity index (χ2n) is 5.14. The van der Waals surface area contributed by atoms with E-state index in [1.165, 1.54) is 0 Å². The zero-order chi connectivity index (χ0) is 18.1. The Bertz CT molecular complexity index is 550. The van der Waals surface area contributed by atoms with E-state index in [-0.39, 0.29) is 20.1 Å². The molecule has 2 N–H and O–H groups in total. The fourth-order valence-corrected chi connectivity index (χ4v) is 1.66. The fraction of sp³-hybridized carbons (Fsp3) is 0.368. The summed E-state index contributed by atoms with van der Waals surface area (Å²) >= 11 is 0. The second kappa shape index (κ2) is 12.5. The van der Waals surface area contributed by atoms with Crippen LogP contribution in [0, 0.1) is 17.5 Å². The van der Waals surface area contributed by atoms with E-state index in [0.717, 1.165) is 25.3 Å². The van der Waals surface area contributed by atoms with Crippen LogP contribution >= 0.6 is 0 Å². The topological polar surface area (TPSA) is 40.5 Å². The largest absolute Gasteiger partial charge is 3.00 e. The van der Waals surface area contributed by atoms with Gasteiger partial charge in [0.05, 0.1) is 0 Å². The van der Waals surface area contributed by atoms with Crippen molar-refractivity contribution in [1.29, 1.82) is 0 Å². The van der Waals surface area contributed by atoms with Gasteiger partial charge >= 0.3 is 20.1 Å². The van der Waals surface area contributed by atoms with Gasteiger partial charge in [0.25, 0.3) is 0 Å². The Labute approximate surface area is 151 Å². The Kier molecular flexibility index (Phi) is 10.9. The normalized spacial score (nSPS) is 11.4. The molecule has 0 fully saturated rings. The van der Waals surface area contributed by atoms with Gasteiger partial charge in [-0.15, -0.1) is 11.6 Å². The molecule has 0 spiro atoms. The monoisotopic (exact) mass is 481 g/mol. The first-order chi connectivity index (χ1) is 10.8.